The van der Waals surface area contributed by atoms with Gasteiger partial charge >= 0.3 is 0 Å². The summed E-state index contributed by atoms with van der Waals surface area (Å²) in [6, 6.07) is 32.0. The molecule has 4 aromatic rings. The van der Waals surface area contributed by atoms with Gasteiger partial charge in [-0.05, 0) is 79.6 Å². The van der Waals surface area contributed by atoms with Crippen LogP contribution in [0.2, 0.25) is 0 Å². The van der Waals surface area contributed by atoms with Crippen molar-refractivity contribution in [2.24, 2.45) is 5.92 Å². The van der Waals surface area contributed by atoms with E-state index in [9.17, 15) is 0 Å². The molecule has 0 bridgehead atoms. The molecule has 2 aliphatic rings. The molecule has 4 aromatic carbocycles. The van der Waals surface area contributed by atoms with E-state index in [0.717, 1.165) is 11.5 Å². The standard InChI is InChI=1S/C41H44O2/c1-39(2,3)30-17-23-34-35-24-18-31(40(4,5)6)26-37(35)38(36(34)25-30)41(27-11-9-10-12-27,28-13-19-32(42-7)20-14-28)29-15-21-33(43-8)22-16-29/h9-27,38H,1-8H3. The average molecular weight is 569 g/mol. The Morgan fingerprint density at radius 1 is 0.488 bits per heavy atom. The highest BCUT2D eigenvalue weighted by molar-refractivity contribution is 5.82. The zero-order valence-electron chi connectivity index (χ0n) is 26.9. The molecule has 0 saturated heterocycles. The third-order valence-corrected chi connectivity index (χ3v) is 9.61. The van der Waals surface area contributed by atoms with Gasteiger partial charge in [0.2, 0.25) is 0 Å². The van der Waals surface area contributed by atoms with Gasteiger partial charge in [-0.2, -0.15) is 0 Å². The predicted octanol–water partition coefficient (Wildman–Crippen LogP) is 10.1. The van der Waals surface area contributed by atoms with Crippen LogP contribution in [0.15, 0.2) is 109 Å². The average Bonchev–Trinajstić information content (AvgIpc) is 3.65. The van der Waals surface area contributed by atoms with Gasteiger partial charge in [0.05, 0.1) is 14.2 Å². The van der Waals surface area contributed by atoms with Gasteiger partial charge in [-0.15, -0.1) is 0 Å². The number of benzene rings is 4. The smallest absolute Gasteiger partial charge is 0.118 e. The molecule has 0 aliphatic heterocycles. The summed E-state index contributed by atoms with van der Waals surface area (Å²) in [4.78, 5) is 0. The summed E-state index contributed by atoms with van der Waals surface area (Å²) >= 11 is 0. The molecule has 220 valence electrons. The van der Waals surface area contributed by atoms with E-state index in [1.165, 1.54) is 44.5 Å². The lowest BCUT2D eigenvalue weighted by Crippen LogP contribution is -2.41. The van der Waals surface area contributed by atoms with Crippen LogP contribution < -0.4 is 9.47 Å². The Balaban J connectivity index is 1.76. The van der Waals surface area contributed by atoms with Gasteiger partial charge in [-0.3, -0.25) is 0 Å². The van der Waals surface area contributed by atoms with Crippen LogP contribution in [0, 0.1) is 5.92 Å². The second-order valence-electron chi connectivity index (χ2n) is 14.2. The number of hydrogen-bond donors (Lipinski definition) is 0. The molecule has 0 amide bonds. The van der Waals surface area contributed by atoms with Crippen molar-refractivity contribution in [2.75, 3.05) is 14.2 Å². The number of hydrogen-bond acceptors (Lipinski definition) is 2. The summed E-state index contributed by atoms with van der Waals surface area (Å²) in [5, 5.41) is 0. The molecule has 0 heterocycles. The largest absolute Gasteiger partial charge is 0.497 e. The molecule has 0 aromatic heterocycles. The summed E-state index contributed by atoms with van der Waals surface area (Å²) in [6.07, 6.45) is 9.18. The minimum Gasteiger partial charge on any atom is -0.497 e. The molecule has 0 N–H and O–H groups in total. The summed E-state index contributed by atoms with van der Waals surface area (Å²) in [6.45, 7) is 13.9. The Morgan fingerprint density at radius 2 is 0.860 bits per heavy atom. The molecule has 2 heteroatoms. The quantitative estimate of drug-likeness (QED) is 0.230. The highest BCUT2D eigenvalue weighted by Crippen LogP contribution is 2.61. The van der Waals surface area contributed by atoms with E-state index in [1.807, 2.05) is 0 Å². The minimum atomic E-state index is -0.435. The normalized spacial score (nSPS) is 15.1. The van der Waals surface area contributed by atoms with Crippen LogP contribution in [0.5, 0.6) is 11.5 Å². The molecule has 2 nitrogen and oxygen atoms in total. The molecule has 0 atom stereocenters. The van der Waals surface area contributed by atoms with Crippen molar-refractivity contribution in [3.05, 3.63) is 143 Å². The Hall–Kier alpha value is -4.04. The van der Waals surface area contributed by atoms with Crippen molar-refractivity contribution >= 4 is 0 Å². The van der Waals surface area contributed by atoms with Crippen LogP contribution in [0.25, 0.3) is 11.1 Å². The summed E-state index contributed by atoms with van der Waals surface area (Å²) in [5.41, 5.74) is 10.3. The van der Waals surface area contributed by atoms with Crippen LogP contribution in [-0.2, 0) is 16.2 Å². The number of rotatable bonds is 6. The fourth-order valence-electron chi connectivity index (χ4n) is 7.23. The topological polar surface area (TPSA) is 18.5 Å². The van der Waals surface area contributed by atoms with Crippen molar-refractivity contribution in [3.63, 3.8) is 0 Å². The minimum absolute atomic E-state index is 0.0287. The summed E-state index contributed by atoms with van der Waals surface area (Å²) in [7, 11) is 3.47. The molecule has 6 rings (SSSR count). The third kappa shape index (κ3) is 4.82. The van der Waals surface area contributed by atoms with E-state index >= 15 is 0 Å². The maximum atomic E-state index is 5.64. The fourth-order valence-corrected chi connectivity index (χ4v) is 7.23. The van der Waals surface area contributed by atoms with Crippen LogP contribution in [0.4, 0.5) is 0 Å². The van der Waals surface area contributed by atoms with Gasteiger partial charge in [0.1, 0.15) is 11.5 Å². The molecular weight excluding hydrogens is 524 g/mol. The fraction of sp³-hybridized carbons (Fsp3) is 0.317. The van der Waals surface area contributed by atoms with Gasteiger partial charge in [-0.25, -0.2) is 0 Å². The zero-order chi connectivity index (χ0) is 30.6. The maximum Gasteiger partial charge on any atom is 0.118 e. The molecule has 0 fully saturated rings. The Labute approximate surface area is 258 Å². The number of fused-ring (bicyclic) bond motifs is 3. The Bertz CT molecular complexity index is 1570. The van der Waals surface area contributed by atoms with E-state index in [4.69, 9.17) is 9.47 Å². The first-order valence-electron chi connectivity index (χ1n) is 15.4. The van der Waals surface area contributed by atoms with E-state index in [0.29, 0.717) is 0 Å². The third-order valence-electron chi connectivity index (χ3n) is 9.61. The summed E-state index contributed by atoms with van der Waals surface area (Å²) < 4.78 is 11.3. The van der Waals surface area contributed by atoms with Gasteiger partial charge in [0.25, 0.3) is 0 Å². The number of methoxy groups -OCH3 is 2. The highest BCUT2D eigenvalue weighted by atomic mass is 16.5. The maximum absolute atomic E-state index is 5.64. The first-order valence-corrected chi connectivity index (χ1v) is 15.4. The molecule has 2 aliphatic carbocycles. The van der Waals surface area contributed by atoms with Crippen molar-refractivity contribution in [3.8, 4) is 22.6 Å². The lowest BCUT2D eigenvalue weighted by atomic mass is 9.56. The SMILES string of the molecule is COc1ccc(C(c2ccc(OC)cc2)(C2C=CC=C2)C2c3cc(C(C)(C)C)ccc3-c3ccc(C(C)(C)C)cc32)cc1. The monoisotopic (exact) mass is 568 g/mol. The number of ether oxygens (including phenoxy) is 2. The zero-order valence-corrected chi connectivity index (χ0v) is 26.9. The van der Waals surface area contributed by atoms with E-state index in [1.54, 1.807) is 14.2 Å². The lowest BCUT2D eigenvalue weighted by Gasteiger charge is -2.45. The van der Waals surface area contributed by atoms with Crippen molar-refractivity contribution in [1.29, 1.82) is 0 Å². The van der Waals surface area contributed by atoms with Gasteiger partial charge < -0.3 is 9.47 Å². The van der Waals surface area contributed by atoms with Crippen LogP contribution in [0.3, 0.4) is 0 Å². The van der Waals surface area contributed by atoms with Crippen molar-refractivity contribution in [2.45, 2.75) is 63.7 Å². The molecular formula is C41H44O2. The van der Waals surface area contributed by atoms with E-state index < -0.39 is 5.41 Å². The van der Waals surface area contributed by atoms with Gasteiger partial charge in [0.15, 0.2) is 0 Å². The van der Waals surface area contributed by atoms with E-state index in [-0.39, 0.29) is 22.7 Å². The van der Waals surface area contributed by atoms with Crippen LogP contribution >= 0.6 is 0 Å². The lowest BCUT2D eigenvalue weighted by molar-refractivity contribution is 0.388. The van der Waals surface area contributed by atoms with Crippen molar-refractivity contribution in [1.82, 2.24) is 0 Å². The van der Waals surface area contributed by atoms with Gasteiger partial charge in [-0.1, -0.05) is 127 Å². The highest BCUT2D eigenvalue weighted by Gasteiger charge is 2.52. The molecule has 0 spiro atoms. The second-order valence-corrected chi connectivity index (χ2v) is 14.2. The molecule has 0 radical (unpaired) electrons. The molecule has 0 saturated carbocycles. The second kappa shape index (κ2) is 10.6. The summed E-state index contributed by atoms with van der Waals surface area (Å²) in [5.74, 6) is 1.93. The first kappa shape index (κ1) is 29.1. The molecule has 0 unspecified atom stereocenters. The van der Waals surface area contributed by atoms with E-state index in [2.05, 4.69) is 151 Å². The van der Waals surface area contributed by atoms with Crippen LogP contribution in [0.1, 0.15) is 80.8 Å². The predicted molar refractivity (Wildman–Crippen MR) is 180 cm³/mol. The number of allylic oxidation sites excluding steroid dienone is 4. The Morgan fingerprint density at radius 3 is 1.21 bits per heavy atom. The van der Waals surface area contributed by atoms with Crippen molar-refractivity contribution < 1.29 is 9.47 Å². The van der Waals surface area contributed by atoms with Crippen LogP contribution in [-0.4, -0.2) is 14.2 Å². The first-order chi connectivity index (χ1) is 20.5. The van der Waals surface area contributed by atoms with Gasteiger partial charge in [0, 0.05) is 17.3 Å². The Kier molecular flexibility index (Phi) is 7.16. The molecule has 43 heavy (non-hydrogen) atoms.